The van der Waals surface area contributed by atoms with Gasteiger partial charge in [-0.1, -0.05) is 24.3 Å². The van der Waals surface area contributed by atoms with Crippen LogP contribution in [0.3, 0.4) is 0 Å². The molecule has 0 spiro atoms. The molecule has 2 amide bonds. The van der Waals surface area contributed by atoms with Gasteiger partial charge in [-0.05, 0) is 72.6 Å². The second kappa shape index (κ2) is 9.70. The Labute approximate surface area is 188 Å². The molecule has 4 rings (SSSR count). The highest BCUT2D eigenvalue weighted by Crippen LogP contribution is 2.25. The average Bonchev–Trinajstić information content (AvgIpc) is 3.31. The molecule has 1 aliphatic heterocycles. The molecule has 0 bridgehead atoms. The summed E-state index contributed by atoms with van der Waals surface area (Å²) in [6.45, 7) is 4.71. The summed E-state index contributed by atoms with van der Waals surface area (Å²) in [6.07, 6.45) is 1.19. The van der Waals surface area contributed by atoms with Crippen molar-refractivity contribution in [3.05, 3.63) is 71.8 Å². The monoisotopic (exact) mass is 431 g/mol. The third kappa shape index (κ3) is 5.00. The number of anilines is 1. The molecule has 3 aromatic carbocycles. The zero-order chi connectivity index (χ0) is 22.5. The van der Waals surface area contributed by atoms with Crippen LogP contribution < -0.4 is 26.0 Å². The van der Waals surface area contributed by atoms with Gasteiger partial charge in [0.25, 0.3) is 0 Å². The third-order valence-electron chi connectivity index (χ3n) is 5.60. The molecule has 7 nitrogen and oxygen atoms in total. The number of carbonyl (C=O) groups is 1. The fraction of sp³-hybridized carbons (Fsp3) is 0.280. The smallest absolute Gasteiger partial charge is 0.322 e. The number of amides is 2. The van der Waals surface area contributed by atoms with Gasteiger partial charge in [0.1, 0.15) is 17.7 Å². The minimum atomic E-state index is -0.154. The molecule has 0 radical (unpaired) electrons. The van der Waals surface area contributed by atoms with Crippen molar-refractivity contribution in [2.75, 3.05) is 24.5 Å². The fourth-order valence-corrected chi connectivity index (χ4v) is 3.90. The number of ether oxygens (including phenoxy) is 1. The lowest BCUT2D eigenvalue weighted by molar-refractivity contribution is 0.223. The third-order valence-corrected chi connectivity index (χ3v) is 5.60. The highest BCUT2D eigenvalue weighted by Gasteiger charge is 2.18. The van der Waals surface area contributed by atoms with Gasteiger partial charge in [0, 0.05) is 24.3 Å². The lowest BCUT2D eigenvalue weighted by Crippen LogP contribution is -2.39. The molecule has 1 aliphatic rings. The number of rotatable bonds is 7. The number of nitrogens with two attached hydrogens (primary N) is 1. The Morgan fingerprint density at radius 3 is 2.62 bits per heavy atom. The van der Waals surface area contributed by atoms with Crippen LogP contribution in [0.4, 0.5) is 10.5 Å². The summed E-state index contributed by atoms with van der Waals surface area (Å²) in [5.74, 6) is 0.845. The molecule has 1 fully saturated rings. The van der Waals surface area contributed by atoms with Crippen molar-refractivity contribution in [2.24, 2.45) is 5.73 Å². The zero-order valence-corrected chi connectivity index (χ0v) is 18.2. The predicted molar refractivity (Wildman–Crippen MR) is 129 cm³/mol. The molecule has 1 heterocycles. The van der Waals surface area contributed by atoms with Gasteiger partial charge in [-0.3, -0.25) is 10.3 Å². The first-order valence-electron chi connectivity index (χ1n) is 10.9. The lowest BCUT2D eigenvalue weighted by atomic mass is 10.0. The molecule has 1 atom stereocenters. The molecule has 0 aliphatic carbocycles. The van der Waals surface area contributed by atoms with E-state index >= 15 is 0 Å². The number of amidine groups is 1. The first-order valence-corrected chi connectivity index (χ1v) is 10.9. The summed E-state index contributed by atoms with van der Waals surface area (Å²) in [5.41, 5.74) is 8.11. The van der Waals surface area contributed by atoms with Gasteiger partial charge < -0.3 is 21.1 Å². The Kier molecular flexibility index (Phi) is 6.56. The molecule has 1 unspecified atom stereocenters. The van der Waals surface area contributed by atoms with E-state index in [1.807, 2.05) is 67.6 Å². The van der Waals surface area contributed by atoms with Gasteiger partial charge in [-0.25, -0.2) is 4.79 Å². The molecule has 32 heavy (non-hydrogen) atoms. The molecular weight excluding hydrogens is 402 g/mol. The van der Waals surface area contributed by atoms with E-state index in [4.69, 9.17) is 15.9 Å². The van der Waals surface area contributed by atoms with Crippen molar-refractivity contribution in [2.45, 2.75) is 26.0 Å². The van der Waals surface area contributed by atoms with Gasteiger partial charge in [0.2, 0.25) is 0 Å². The van der Waals surface area contributed by atoms with Gasteiger partial charge in [0.05, 0.1) is 6.54 Å². The predicted octanol–water partition coefficient (Wildman–Crippen LogP) is 3.60. The van der Waals surface area contributed by atoms with Crippen LogP contribution in [0.15, 0.2) is 60.7 Å². The largest absolute Gasteiger partial charge is 0.489 e. The van der Waals surface area contributed by atoms with E-state index < -0.39 is 0 Å². The Morgan fingerprint density at radius 1 is 1.16 bits per heavy atom. The minimum Gasteiger partial charge on any atom is -0.489 e. The van der Waals surface area contributed by atoms with E-state index in [-0.39, 0.29) is 18.0 Å². The van der Waals surface area contributed by atoms with Crippen molar-refractivity contribution < 1.29 is 9.53 Å². The molecule has 3 aromatic rings. The Bertz CT molecular complexity index is 1110. The number of hydrogen-bond acceptors (Lipinski definition) is 4. The summed E-state index contributed by atoms with van der Waals surface area (Å²) >= 11 is 0. The van der Waals surface area contributed by atoms with E-state index in [0.29, 0.717) is 18.7 Å². The number of urea groups is 1. The summed E-state index contributed by atoms with van der Waals surface area (Å²) < 4.78 is 6.01. The molecule has 166 valence electrons. The van der Waals surface area contributed by atoms with Gasteiger partial charge in [-0.15, -0.1) is 0 Å². The van der Waals surface area contributed by atoms with Crippen LogP contribution >= 0.6 is 0 Å². The second-order valence-electron chi connectivity index (χ2n) is 7.96. The van der Waals surface area contributed by atoms with Crippen molar-refractivity contribution >= 4 is 28.3 Å². The molecule has 0 aromatic heterocycles. The van der Waals surface area contributed by atoms with E-state index in [1.54, 1.807) is 4.90 Å². The number of nitrogens with one attached hydrogen (secondary N) is 3. The summed E-state index contributed by atoms with van der Waals surface area (Å²) in [6, 6.07) is 19.3. The average molecular weight is 432 g/mol. The van der Waals surface area contributed by atoms with Crippen molar-refractivity contribution in [3.63, 3.8) is 0 Å². The zero-order valence-electron chi connectivity index (χ0n) is 18.2. The summed E-state index contributed by atoms with van der Waals surface area (Å²) in [5, 5.41) is 15.9. The summed E-state index contributed by atoms with van der Waals surface area (Å²) in [4.78, 5) is 14.6. The molecular formula is C25H29N5O2. The van der Waals surface area contributed by atoms with Crippen LogP contribution in [0.2, 0.25) is 0 Å². The molecule has 1 saturated heterocycles. The van der Waals surface area contributed by atoms with Gasteiger partial charge >= 0.3 is 6.03 Å². The van der Waals surface area contributed by atoms with Crippen LogP contribution in [0.25, 0.3) is 10.8 Å². The quantitative estimate of drug-likeness (QED) is 0.339. The Balaban J connectivity index is 1.57. The van der Waals surface area contributed by atoms with Gasteiger partial charge in [0.15, 0.2) is 0 Å². The maximum atomic E-state index is 12.8. The SMILES string of the molecule is CCNC(=O)N(Cc1ccc2ccc(C(=N)N)cc2c1)c1ccc(OC2CCNC2)cc1. The van der Waals surface area contributed by atoms with Crippen LogP contribution in [0.5, 0.6) is 5.75 Å². The van der Waals surface area contributed by atoms with E-state index in [2.05, 4.69) is 10.6 Å². The molecule has 7 heteroatoms. The topological polar surface area (TPSA) is 103 Å². The van der Waals surface area contributed by atoms with E-state index in [9.17, 15) is 4.79 Å². The number of hydrogen-bond donors (Lipinski definition) is 4. The maximum Gasteiger partial charge on any atom is 0.322 e. The highest BCUT2D eigenvalue weighted by atomic mass is 16.5. The van der Waals surface area contributed by atoms with Crippen molar-refractivity contribution in [1.29, 1.82) is 5.41 Å². The number of carbonyl (C=O) groups excluding carboxylic acids is 1. The number of nitrogens with zero attached hydrogens (tertiary/aromatic N) is 1. The van der Waals surface area contributed by atoms with E-state index in [0.717, 1.165) is 47.3 Å². The van der Waals surface area contributed by atoms with Crippen molar-refractivity contribution in [3.8, 4) is 5.75 Å². The second-order valence-corrected chi connectivity index (χ2v) is 7.96. The van der Waals surface area contributed by atoms with Crippen LogP contribution in [0.1, 0.15) is 24.5 Å². The summed E-state index contributed by atoms with van der Waals surface area (Å²) in [7, 11) is 0. The highest BCUT2D eigenvalue weighted by molar-refractivity contribution is 5.99. The molecule has 0 saturated carbocycles. The number of nitrogen functional groups attached to an aromatic ring is 1. The normalized spacial score (nSPS) is 15.5. The van der Waals surface area contributed by atoms with Crippen molar-refractivity contribution in [1.82, 2.24) is 10.6 Å². The Hall–Kier alpha value is -3.58. The number of benzene rings is 3. The lowest BCUT2D eigenvalue weighted by Gasteiger charge is -2.24. The minimum absolute atomic E-state index is 0.0388. The first-order chi connectivity index (χ1) is 15.5. The standard InChI is InChI=1S/C25H29N5O2/c1-2-29-25(31)30(21-7-9-22(10-8-21)32-23-11-12-28-15-23)16-17-3-4-18-5-6-19(24(26)27)14-20(18)13-17/h3-10,13-14,23,28H,2,11-12,15-16H2,1H3,(H3,26,27)(H,29,31). The fourth-order valence-electron chi connectivity index (χ4n) is 3.90. The van der Waals surface area contributed by atoms with Crippen LogP contribution in [0, 0.1) is 5.41 Å². The van der Waals surface area contributed by atoms with Crippen LogP contribution in [-0.4, -0.2) is 37.6 Å². The first kappa shape index (κ1) is 21.6. The maximum absolute atomic E-state index is 12.8. The van der Waals surface area contributed by atoms with E-state index in [1.165, 1.54) is 0 Å². The molecule has 5 N–H and O–H groups in total. The number of fused-ring (bicyclic) bond motifs is 1. The Morgan fingerprint density at radius 2 is 1.94 bits per heavy atom. The van der Waals surface area contributed by atoms with Gasteiger partial charge in [-0.2, -0.15) is 0 Å². The van der Waals surface area contributed by atoms with Crippen LogP contribution in [-0.2, 0) is 6.54 Å².